The van der Waals surface area contributed by atoms with Crippen LogP contribution in [0.25, 0.3) is 0 Å². The van der Waals surface area contributed by atoms with Crippen LogP contribution in [0.4, 0.5) is 0 Å². The summed E-state index contributed by atoms with van der Waals surface area (Å²) >= 11 is 0. The Morgan fingerprint density at radius 3 is 1.50 bits per heavy atom. The van der Waals surface area contributed by atoms with Crippen molar-refractivity contribution in [3.8, 4) is 0 Å². The van der Waals surface area contributed by atoms with Crippen LogP contribution in [0.5, 0.6) is 0 Å². The van der Waals surface area contributed by atoms with Crippen molar-refractivity contribution in [2.75, 3.05) is 13.1 Å². The van der Waals surface area contributed by atoms with E-state index in [4.69, 9.17) is 11.5 Å². The Kier molecular flexibility index (Phi) is 5.69. The van der Waals surface area contributed by atoms with Crippen molar-refractivity contribution in [2.24, 2.45) is 11.5 Å². The molecule has 0 aromatic rings. The van der Waals surface area contributed by atoms with Gasteiger partial charge in [-0.3, -0.25) is 0 Å². The van der Waals surface area contributed by atoms with E-state index in [1.54, 1.807) is 0 Å². The second-order valence-electron chi connectivity index (χ2n) is 2.61. The van der Waals surface area contributed by atoms with Crippen molar-refractivity contribution < 1.29 is 0 Å². The monoisotopic (exact) mass is 170 g/mol. The highest BCUT2D eigenvalue weighted by molar-refractivity contribution is 4.83. The maximum absolute atomic E-state index is 5.30. The third kappa shape index (κ3) is 8.68. The van der Waals surface area contributed by atoms with Crippen LogP contribution >= 0.6 is 0 Å². The minimum absolute atomic E-state index is 0.520. The van der Waals surface area contributed by atoms with E-state index < -0.39 is 0 Å². The lowest BCUT2D eigenvalue weighted by Gasteiger charge is -2.06. The van der Waals surface area contributed by atoms with Crippen molar-refractivity contribution in [3.63, 3.8) is 0 Å². The Morgan fingerprint density at radius 1 is 0.917 bits per heavy atom. The summed E-state index contributed by atoms with van der Waals surface area (Å²) < 4.78 is 0. The van der Waals surface area contributed by atoms with Gasteiger partial charge in [-0.15, -0.1) is 0 Å². The SMILES string of the molecule is C=C(N)NCCCCNC(=C)N. The first kappa shape index (κ1) is 10.7. The van der Waals surface area contributed by atoms with Crippen LogP contribution in [0.1, 0.15) is 12.8 Å². The van der Waals surface area contributed by atoms with E-state index in [9.17, 15) is 0 Å². The van der Waals surface area contributed by atoms with Crippen LogP contribution in [0.15, 0.2) is 24.8 Å². The molecule has 0 atom stereocenters. The lowest BCUT2D eigenvalue weighted by molar-refractivity contribution is 0.642. The first-order valence-corrected chi connectivity index (χ1v) is 3.99. The molecule has 0 heterocycles. The zero-order valence-corrected chi connectivity index (χ0v) is 7.40. The van der Waals surface area contributed by atoms with Gasteiger partial charge in [0.05, 0.1) is 11.6 Å². The summed E-state index contributed by atoms with van der Waals surface area (Å²) in [4.78, 5) is 0. The number of hydrogen-bond donors (Lipinski definition) is 4. The highest BCUT2D eigenvalue weighted by Gasteiger charge is 1.88. The Morgan fingerprint density at radius 2 is 1.25 bits per heavy atom. The summed E-state index contributed by atoms with van der Waals surface area (Å²) in [5.41, 5.74) is 10.6. The number of nitrogens with one attached hydrogen (secondary N) is 2. The summed E-state index contributed by atoms with van der Waals surface area (Å²) in [5, 5.41) is 5.87. The fraction of sp³-hybridized carbons (Fsp3) is 0.500. The summed E-state index contributed by atoms with van der Waals surface area (Å²) in [7, 11) is 0. The van der Waals surface area contributed by atoms with Crippen LogP contribution in [0.3, 0.4) is 0 Å². The highest BCUT2D eigenvalue weighted by atomic mass is 15.0. The summed E-state index contributed by atoms with van der Waals surface area (Å²) in [6, 6.07) is 0. The van der Waals surface area contributed by atoms with Gasteiger partial charge < -0.3 is 22.1 Å². The normalized spacial score (nSPS) is 9.00. The quantitative estimate of drug-likeness (QED) is 0.399. The van der Waals surface area contributed by atoms with Gasteiger partial charge in [0.25, 0.3) is 0 Å². The van der Waals surface area contributed by atoms with Crippen LogP contribution in [-0.2, 0) is 0 Å². The predicted octanol–water partition coefficient (Wildman–Crippen LogP) is -0.194. The third-order valence-corrected chi connectivity index (χ3v) is 1.31. The molecule has 0 spiro atoms. The number of nitrogens with two attached hydrogens (primary N) is 2. The number of hydrogen-bond acceptors (Lipinski definition) is 4. The summed E-state index contributed by atoms with van der Waals surface area (Å²) in [6.45, 7) is 8.75. The van der Waals surface area contributed by atoms with Crippen molar-refractivity contribution in [3.05, 3.63) is 24.8 Å². The van der Waals surface area contributed by atoms with Gasteiger partial charge in [0.1, 0.15) is 0 Å². The van der Waals surface area contributed by atoms with E-state index in [2.05, 4.69) is 23.8 Å². The molecule has 0 fully saturated rings. The molecular weight excluding hydrogens is 152 g/mol. The van der Waals surface area contributed by atoms with Gasteiger partial charge in [0, 0.05) is 13.1 Å². The van der Waals surface area contributed by atoms with E-state index in [0.29, 0.717) is 11.6 Å². The molecule has 0 aliphatic rings. The molecule has 0 rings (SSSR count). The van der Waals surface area contributed by atoms with E-state index >= 15 is 0 Å². The molecule has 6 N–H and O–H groups in total. The highest BCUT2D eigenvalue weighted by Crippen LogP contribution is 1.85. The molecule has 0 aromatic carbocycles. The molecule has 0 unspecified atom stereocenters. The molecule has 0 aromatic heterocycles. The maximum atomic E-state index is 5.30. The Balaban J connectivity index is 3.01. The van der Waals surface area contributed by atoms with Gasteiger partial charge in [0.2, 0.25) is 0 Å². The average molecular weight is 170 g/mol. The van der Waals surface area contributed by atoms with E-state index in [1.165, 1.54) is 0 Å². The minimum atomic E-state index is 0.520. The molecule has 0 amide bonds. The Hall–Kier alpha value is -1.32. The Labute approximate surface area is 73.7 Å². The summed E-state index contributed by atoms with van der Waals surface area (Å²) in [5.74, 6) is 1.04. The standard InChI is InChI=1S/C8H18N4/c1-7(9)11-5-3-4-6-12-8(2)10/h11-12H,1-6,9-10H2. The lowest BCUT2D eigenvalue weighted by atomic mass is 10.3. The van der Waals surface area contributed by atoms with Crippen LogP contribution in [0.2, 0.25) is 0 Å². The molecule has 0 aliphatic heterocycles. The van der Waals surface area contributed by atoms with E-state index in [1.807, 2.05) is 0 Å². The molecule has 70 valence electrons. The van der Waals surface area contributed by atoms with Crippen LogP contribution < -0.4 is 22.1 Å². The molecule has 0 aliphatic carbocycles. The molecule has 0 saturated carbocycles. The van der Waals surface area contributed by atoms with Crippen molar-refractivity contribution >= 4 is 0 Å². The Bertz CT molecular complexity index is 135. The molecule has 4 heteroatoms. The molecule has 0 bridgehead atoms. The zero-order valence-electron chi connectivity index (χ0n) is 7.40. The first-order chi connectivity index (χ1) is 5.63. The fourth-order valence-corrected chi connectivity index (χ4v) is 0.748. The number of unbranched alkanes of at least 4 members (excludes halogenated alkanes) is 1. The molecule has 12 heavy (non-hydrogen) atoms. The van der Waals surface area contributed by atoms with Gasteiger partial charge in [-0.2, -0.15) is 0 Å². The molecular formula is C8H18N4. The third-order valence-electron chi connectivity index (χ3n) is 1.31. The van der Waals surface area contributed by atoms with E-state index in [-0.39, 0.29) is 0 Å². The van der Waals surface area contributed by atoms with Crippen molar-refractivity contribution in [1.82, 2.24) is 10.6 Å². The second kappa shape index (κ2) is 6.39. The van der Waals surface area contributed by atoms with Gasteiger partial charge in [-0.05, 0) is 12.8 Å². The smallest absolute Gasteiger partial charge is 0.0885 e. The van der Waals surface area contributed by atoms with Gasteiger partial charge in [0.15, 0.2) is 0 Å². The van der Waals surface area contributed by atoms with Gasteiger partial charge in [-0.25, -0.2) is 0 Å². The molecule has 0 radical (unpaired) electrons. The topological polar surface area (TPSA) is 76.1 Å². The predicted molar refractivity (Wildman–Crippen MR) is 51.9 cm³/mol. The van der Waals surface area contributed by atoms with Gasteiger partial charge in [-0.1, -0.05) is 13.2 Å². The molecule has 0 saturated heterocycles. The number of rotatable bonds is 7. The van der Waals surface area contributed by atoms with Crippen molar-refractivity contribution in [1.29, 1.82) is 0 Å². The van der Waals surface area contributed by atoms with Crippen LogP contribution in [-0.4, -0.2) is 13.1 Å². The lowest BCUT2D eigenvalue weighted by Crippen LogP contribution is -2.23. The maximum Gasteiger partial charge on any atom is 0.0885 e. The zero-order chi connectivity index (χ0) is 9.40. The average Bonchev–Trinajstić information content (AvgIpc) is 1.95. The molecule has 4 nitrogen and oxygen atoms in total. The van der Waals surface area contributed by atoms with Gasteiger partial charge >= 0.3 is 0 Å². The minimum Gasteiger partial charge on any atom is -0.386 e. The second-order valence-corrected chi connectivity index (χ2v) is 2.61. The largest absolute Gasteiger partial charge is 0.386 e. The van der Waals surface area contributed by atoms with Crippen molar-refractivity contribution in [2.45, 2.75) is 12.8 Å². The fourth-order valence-electron chi connectivity index (χ4n) is 0.748. The van der Waals surface area contributed by atoms with Crippen LogP contribution in [0, 0.1) is 0 Å². The first-order valence-electron chi connectivity index (χ1n) is 3.99. The van der Waals surface area contributed by atoms with E-state index in [0.717, 1.165) is 25.9 Å². The summed E-state index contributed by atoms with van der Waals surface area (Å²) in [6.07, 6.45) is 2.08.